The summed E-state index contributed by atoms with van der Waals surface area (Å²) in [6, 6.07) is 0. The lowest BCUT2D eigenvalue weighted by Gasteiger charge is -2.33. The molecule has 0 saturated carbocycles. The molecule has 0 bridgehead atoms. The van der Waals surface area contributed by atoms with Crippen LogP contribution in [0.3, 0.4) is 0 Å². The molecule has 0 unspecified atom stereocenters. The summed E-state index contributed by atoms with van der Waals surface area (Å²) in [6.45, 7) is 5.37. The molecule has 1 heterocycles. The van der Waals surface area contributed by atoms with Gasteiger partial charge >= 0.3 is 5.97 Å². The van der Waals surface area contributed by atoms with E-state index < -0.39 is 21.0 Å². The van der Waals surface area contributed by atoms with E-state index in [9.17, 15) is 13.2 Å². The minimum absolute atomic E-state index is 0.0618. The van der Waals surface area contributed by atoms with Crippen LogP contribution in [0.5, 0.6) is 0 Å². The van der Waals surface area contributed by atoms with Gasteiger partial charge in [0.25, 0.3) is 0 Å². The molecule has 1 fully saturated rings. The van der Waals surface area contributed by atoms with Crippen LogP contribution in [0.2, 0.25) is 0 Å². The second-order valence-corrected chi connectivity index (χ2v) is 8.08. The highest BCUT2D eigenvalue weighted by atomic mass is 32.2. The number of sulfone groups is 1. The minimum Gasteiger partial charge on any atom is -0.460 e. The molecule has 1 rings (SSSR count). The maximum absolute atomic E-state index is 11.6. The van der Waals surface area contributed by atoms with Crippen molar-refractivity contribution in [2.75, 3.05) is 11.5 Å². The van der Waals surface area contributed by atoms with Crippen molar-refractivity contribution in [3.8, 4) is 0 Å². The Hall–Kier alpha value is -0.620. The van der Waals surface area contributed by atoms with Gasteiger partial charge in [-0.3, -0.25) is 4.79 Å². The topological polar surface area (TPSA) is 86.5 Å². The molecule has 0 spiro atoms. The van der Waals surface area contributed by atoms with Crippen molar-refractivity contribution < 1.29 is 17.9 Å². The first-order valence-corrected chi connectivity index (χ1v) is 7.55. The zero-order valence-corrected chi connectivity index (χ0v) is 11.5. The van der Waals surface area contributed by atoms with Gasteiger partial charge in [0, 0.05) is 5.54 Å². The fourth-order valence-electron chi connectivity index (χ4n) is 1.79. The second kappa shape index (κ2) is 4.57. The molecule has 1 aliphatic heterocycles. The van der Waals surface area contributed by atoms with Gasteiger partial charge in [0.15, 0.2) is 0 Å². The Bertz CT molecular complexity index is 380. The molecule has 0 aromatic rings. The summed E-state index contributed by atoms with van der Waals surface area (Å²) >= 11 is 0. The molecule has 0 aromatic heterocycles. The van der Waals surface area contributed by atoms with Gasteiger partial charge in [0.1, 0.15) is 15.4 Å². The fraction of sp³-hybridized carbons (Fsp3) is 0.909. The van der Waals surface area contributed by atoms with E-state index in [2.05, 4.69) is 0 Å². The van der Waals surface area contributed by atoms with Gasteiger partial charge in [0.05, 0.1) is 17.9 Å². The van der Waals surface area contributed by atoms with Crippen LogP contribution in [0.25, 0.3) is 0 Å². The molecule has 100 valence electrons. The standard InChI is InChI=1S/C11H21NO4S/c1-10(2,3)16-9(13)8-11(12)4-6-17(14,15)7-5-11/h4-8,12H2,1-3H3. The summed E-state index contributed by atoms with van der Waals surface area (Å²) in [5.74, 6) is -0.238. The van der Waals surface area contributed by atoms with Crippen molar-refractivity contribution in [2.45, 2.75) is 51.2 Å². The average molecular weight is 263 g/mol. The van der Waals surface area contributed by atoms with Gasteiger partial charge in [-0.2, -0.15) is 0 Å². The molecule has 5 nitrogen and oxygen atoms in total. The SMILES string of the molecule is CC(C)(C)OC(=O)CC1(N)CCS(=O)(=O)CC1. The van der Waals surface area contributed by atoms with Crippen LogP contribution >= 0.6 is 0 Å². The van der Waals surface area contributed by atoms with Crippen molar-refractivity contribution in [1.29, 1.82) is 0 Å². The van der Waals surface area contributed by atoms with Crippen LogP contribution in [-0.2, 0) is 19.4 Å². The van der Waals surface area contributed by atoms with E-state index in [-0.39, 0.29) is 23.9 Å². The Morgan fingerprint density at radius 3 is 2.18 bits per heavy atom. The molecule has 0 radical (unpaired) electrons. The van der Waals surface area contributed by atoms with Crippen LogP contribution in [-0.4, -0.2) is 37.0 Å². The molecule has 6 heteroatoms. The third-order valence-electron chi connectivity index (χ3n) is 2.74. The highest BCUT2D eigenvalue weighted by Gasteiger charge is 2.36. The van der Waals surface area contributed by atoms with Gasteiger partial charge in [-0.1, -0.05) is 0 Å². The fourth-order valence-corrected chi connectivity index (χ4v) is 3.43. The number of ether oxygens (including phenoxy) is 1. The quantitative estimate of drug-likeness (QED) is 0.738. The lowest BCUT2D eigenvalue weighted by atomic mass is 9.90. The molecule has 0 aromatic carbocycles. The monoisotopic (exact) mass is 263 g/mol. The third-order valence-corrected chi connectivity index (χ3v) is 4.39. The Morgan fingerprint density at radius 2 is 1.76 bits per heavy atom. The number of carbonyl (C=O) groups is 1. The Kier molecular flexibility index (Phi) is 3.88. The molecule has 2 N–H and O–H groups in total. The minimum atomic E-state index is -2.96. The number of hydrogen-bond acceptors (Lipinski definition) is 5. The number of rotatable bonds is 2. The summed E-state index contributed by atoms with van der Waals surface area (Å²) in [6.07, 6.45) is 0.739. The number of hydrogen-bond donors (Lipinski definition) is 1. The lowest BCUT2D eigenvalue weighted by molar-refractivity contribution is -0.156. The third kappa shape index (κ3) is 5.04. The van der Waals surface area contributed by atoms with E-state index in [1.165, 1.54) is 0 Å². The van der Waals surface area contributed by atoms with Gasteiger partial charge < -0.3 is 10.5 Å². The van der Waals surface area contributed by atoms with Crippen molar-refractivity contribution in [3.63, 3.8) is 0 Å². The van der Waals surface area contributed by atoms with Crippen LogP contribution in [0.15, 0.2) is 0 Å². The number of carbonyl (C=O) groups excluding carboxylic acids is 1. The van der Waals surface area contributed by atoms with E-state index in [4.69, 9.17) is 10.5 Å². The van der Waals surface area contributed by atoms with Crippen LogP contribution in [0.4, 0.5) is 0 Å². The van der Waals surface area contributed by atoms with Crippen LogP contribution in [0.1, 0.15) is 40.0 Å². The molecule has 0 aliphatic carbocycles. The molecular weight excluding hydrogens is 242 g/mol. The first kappa shape index (κ1) is 14.4. The van der Waals surface area contributed by atoms with Crippen molar-refractivity contribution in [3.05, 3.63) is 0 Å². The van der Waals surface area contributed by atoms with Gasteiger partial charge in [-0.15, -0.1) is 0 Å². The van der Waals surface area contributed by atoms with Crippen LogP contribution < -0.4 is 5.73 Å². The molecule has 1 saturated heterocycles. The van der Waals surface area contributed by atoms with Crippen LogP contribution in [0, 0.1) is 0 Å². The van der Waals surface area contributed by atoms with Crippen molar-refractivity contribution in [2.24, 2.45) is 5.73 Å². The maximum Gasteiger partial charge on any atom is 0.308 e. The van der Waals surface area contributed by atoms with E-state index in [1.54, 1.807) is 20.8 Å². The number of esters is 1. The van der Waals surface area contributed by atoms with Gasteiger partial charge in [0.2, 0.25) is 0 Å². The first-order chi connectivity index (χ1) is 7.52. The molecule has 17 heavy (non-hydrogen) atoms. The summed E-state index contributed by atoms with van der Waals surface area (Å²) in [4.78, 5) is 11.6. The largest absolute Gasteiger partial charge is 0.460 e. The smallest absolute Gasteiger partial charge is 0.308 e. The Morgan fingerprint density at radius 1 is 1.29 bits per heavy atom. The summed E-state index contributed by atoms with van der Waals surface area (Å²) in [5, 5.41) is 0. The van der Waals surface area contributed by atoms with Gasteiger partial charge in [-0.05, 0) is 33.6 Å². The highest BCUT2D eigenvalue weighted by molar-refractivity contribution is 7.91. The molecule has 0 atom stereocenters. The summed E-state index contributed by atoms with van der Waals surface area (Å²) < 4.78 is 27.8. The Labute approximate surface area is 103 Å². The predicted octanol–water partition coefficient (Wildman–Crippen LogP) is 0.624. The Balaban J connectivity index is 2.55. The zero-order valence-electron chi connectivity index (χ0n) is 10.7. The summed E-state index contributed by atoms with van der Waals surface area (Å²) in [7, 11) is -2.96. The van der Waals surface area contributed by atoms with Crippen molar-refractivity contribution >= 4 is 15.8 Å². The average Bonchev–Trinajstić information content (AvgIpc) is 2.08. The lowest BCUT2D eigenvalue weighted by Crippen LogP contribution is -2.49. The van der Waals surface area contributed by atoms with E-state index in [0.717, 1.165) is 0 Å². The molecular formula is C11H21NO4S. The van der Waals surface area contributed by atoms with E-state index in [1.807, 2.05) is 0 Å². The number of nitrogens with two attached hydrogens (primary N) is 1. The molecule has 0 amide bonds. The predicted molar refractivity (Wildman–Crippen MR) is 65.3 cm³/mol. The zero-order chi connectivity index (χ0) is 13.3. The second-order valence-electron chi connectivity index (χ2n) is 5.78. The van der Waals surface area contributed by atoms with Gasteiger partial charge in [-0.25, -0.2) is 8.42 Å². The first-order valence-electron chi connectivity index (χ1n) is 5.73. The van der Waals surface area contributed by atoms with Crippen molar-refractivity contribution in [1.82, 2.24) is 0 Å². The van der Waals surface area contributed by atoms with E-state index >= 15 is 0 Å². The molecule has 1 aliphatic rings. The summed E-state index contributed by atoms with van der Waals surface area (Å²) in [5.41, 5.74) is 4.77. The normalized spacial score (nSPS) is 23.1. The van der Waals surface area contributed by atoms with E-state index in [0.29, 0.717) is 12.8 Å². The maximum atomic E-state index is 11.6. The highest BCUT2D eigenvalue weighted by Crippen LogP contribution is 2.25.